The molecule has 1 unspecified atom stereocenters. The van der Waals surface area contributed by atoms with Crippen LogP contribution in [0.2, 0.25) is 0 Å². The molecule has 0 fully saturated rings. The second-order valence-corrected chi connectivity index (χ2v) is 19.1. The third kappa shape index (κ3) is 5.37. The summed E-state index contributed by atoms with van der Waals surface area (Å²) in [6.07, 6.45) is 2.26. The molecule has 10 aromatic rings. The topological polar surface area (TPSA) is 21.9 Å². The first kappa shape index (κ1) is 37.7. The zero-order chi connectivity index (χ0) is 43.8. The van der Waals surface area contributed by atoms with Crippen LogP contribution in [-0.4, -0.2) is 4.57 Å². The highest BCUT2D eigenvalue weighted by molar-refractivity contribution is 6.00. The van der Waals surface area contributed by atoms with Gasteiger partial charge in [-0.1, -0.05) is 154 Å². The van der Waals surface area contributed by atoms with E-state index in [2.05, 4.69) is 243 Å². The fraction of sp³-hybridized carbons (Fsp3) is 0.115. The molecule has 65 heavy (non-hydrogen) atoms. The van der Waals surface area contributed by atoms with Crippen molar-refractivity contribution in [3.63, 3.8) is 0 Å². The number of hydrogen-bond donors (Lipinski definition) is 0. The van der Waals surface area contributed by atoms with Gasteiger partial charge in [0.2, 0.25) is 5.69 Å². The molecule has 4 heteroatoms. The van der Waals surface area contributed by atoms with E-state index < -0.39 is 5.85 Å². The SMILES string of the molecule is Cc1ccc(-c2cc[n+]3c(c2)-c2cc(-c4ccccc4)cc4c2C32Oc3ccccc3-c3n(-c5cc(-c6ccccc6)c(C)cc5-c5ccc(C(C)(C)C)cc5)c5cccc-4c5[n+]32)cc1. The molecule has 3 aliphatic rings. The first-order valence-electron chi connectivity index (χ1n) is 22.7. The average molecular weight is 838 g/mol. The minimum absolute atomic E-state index is 0.0366. The number of aromatic nitrogens is 3. The van der Waals surface area contributed by atoms with E-state index in [9.17, 15) is 0 Å². The lowest BCUT2D eigenvalue weighted by atomic mass is 9.85. The molecule has 2 aromatic heterocycles. The van der Waals surface area contributed by atoms with Gasteiger partial charge in [-0.25, -0.2) is 0 Å². The van der Waals surface area contributed by atoms with Crippen molar-refractivity contribution in [2.24, 2.45) is 0 Å². The predicted octanol–water partition coefficient (Wildman–Crippen LogP) is 14.0. The molecule has 0 saturated carbocycles. The van der Waals surface area contributed by atoms with E-state index in [-0.39, 0.29) is 5.41 Å². The van der Waals surface area contributed by atoms with Gasteiger partial charge in [0, 0.05) is 28.8 Å². The molecular formula is C61H47N3O+2. The Balaban J connectivity index is 1.18. The normalized spacial score (nSPS) is 15.0. The summed E-state index contributed by atoms with van der Waals surface area (Å²) in [4.78, 5) is 0. The zero-order valence-corrected chi connectivity index (χ0v) is 37.2. The Bertz CT molecular complexity index is 3600. The van der Waals surface area contributed by atoms with Crippen molar-refractivity contribution in [1.82, 2.24) is 4.57 Å². The Morgan fingerprint density at radius 3 is 1.89 bits per heavy atom. The quantitative estimate of drug-likeness (QED) is 0.158. The van der Waals surface area contributed by atoms with Crippen LogP contribution in [-0.2, 0) is 11.3 Å². The van der Waals surface area contributed by atoms with E-state index in [1.807, 2.05) is 0 Å². The maximum Gasteiger partial charge on any atom is 0.499 e. The van der Waals surface area contributed by atoms with E-state index in [0.717, 1.165) is 45.1 Å². The maximum atomic E-state index is 7.74. The lowest BCUT2D eigenvalue weighted by molar-refractivity contribution is -0.997. The van der Waals surface area contributed by atoms with Crippen LogP contribution < -0.4 is 13.9 Å². The summed E-state index contributed by atoms with van der Waals surface area (Å²) in [6, 6.07) is 69.5. The van der Waals surface area contributed by atoms with Crippen molar-refractivity contribution in [1.29, 1.82) is 0 Å². The van der Waals surface area contributed by atoms with E-state index in [1.165, 1.54) is 77.9 Å². The highest BCUT2D eigenvalue weighted by Crippen LogP contribution is 2.55. The van der Waals surface area contributed by atoms with Crippen molar-refractivity contribution in [3.8, 4) is 89.7 Å². The maximum absolute atomic E-state index is 7.74. The minimum Gasteiger partial charge on any atom is -0.392 e. The van der Waals surface area contributed by atoms with Crippen LogP contribution in [0.25, 0.3) is 95.0 Å². The van der Waals surface area contributed by atoms with Crippen LogP contribution in [0.5, 0.6) is 5.75 Å². The molecule has 0 N–H and O–H groups in total. The standard InChI is InChI=1S/C61H47N3O/c1-38-23-25-41(26-24-38)44-31-32-62-54(36-44)52-35-45(40-15-8-6-9-16-40)34-51-47-20-14-21-53-58(47)64-59(48-19-12-13-22-56(48)65-61(62,64)57(51)52)63(53)55-37-49(42-17-10-7-11-18-42)39(2)33-50(55)43-27-29-46(30-28-43)60(3,4)5/h6-37H,1-5H3/q+2. The second kappa shape index (κ2) is 13.6. The largest absolute Gasteiger partial charge is 0.499 e. The van der Waals surface area contributed by atoms with Crippen molar-refractivity contribution in [2.45, 2.75) is 45.9 Å². The molecule has 8 aromatic carbocycles. The monoisotopic (exact) mass is 837 g/mol. The molecule has 5 heterocycles. The first-order chi connectivity index (χ1) is 31.7. The summed E-state index contributed by atoms with van der Waals surface area (Å²) in [6.45, 7) is 11.2. The first-order valence-corrected chi connectivity index (χ1v) is 22.7. The van der Waals surface area contributed by atoms with Gasteiger partial charge in [0.25, 0.3) is 0 Å². The minimum atomic E-state index is -1.07. The van der Waals surface area contributed by atoms with Crippen molar-refractivity contribution in [3.05, 3.63) is 217 Å². The highest BCUT2D eigenvalue weighted by atomic mass is 16.5. The molecule has 0 saturated heterocycles. The van der Waals surface area contributed by atoms with Crippen molar-refractivity contribution in [2.75, 3.05) is 0 Å². The predicted molar refractivity (Wildman–Crippen MR) is 263 cm³/mol. The van der Waals surface area contributed by atoms with Crippen LogP contribution >= 0.6 is 0 Å². The van der Waals surface area contributed by atoms with Gasteiger partial charge in [-0.3, -0.25) is 0 Å². The number of benzene rings is 8. The second-order valence-electron chi connectivity index (χ2n) is 19.1. The van der Waals surface area contributed by atoms with Gasteiger partial charge in [-0.05, 0) is 118 Å². The number of ether oxygens (including phenoxy) is 1. The molecule has 310 valence electrons. The number of pyridine rings is 1. The van der Waals surface area contributed by atoms with Crippen molar-refractivity contribution >= 4 is 11.0 Å². The van der Waals surface area contributed by atoms with E-state index in [0.29, 0.717) is 0 Å². The van der Waals surface area contributed by atoms with Gasteiger partial charge in [0.1, 0.15) is 22.6 Å². The molecule has 4 nitrogen and oxygen atoms in total. The number of aryl methyl sites for hydroxylation is 2. The van der Waals surface area contributed by atoms with E-state index >= 15 is 0 Å². The lowest BCUT2D eigenvalue weighted by Crippen LogP contribution is -2.78. The summed E-state index contributed by atoms with van der Waals surface area (Å²) in [5, 5.41) is 0. The Labute approximate surface area is 379 Å². The third-order valence-electron chi connectivity index (χ3n) is 14.1. The summed E-state index contributed by atoms with van der Waals surface area (Å²) in [5.74, 6) is 0.860. The van der Waals surface area contributed by atoms with E-state index in [4.69, 9.17) is 4.74 Å². The average Bonchev–Trinajstić information content (AvgIpc) is 3.83. The molecule has 0 amide bonds. The molecule has 3 aliphatic heterocycles. The van der Waals surface area contributed by atoms with E-state index in [1.54, 1.807) is 0 Å². The van der Waals surface area contributed by atoms with Gasteiger partial charge in [-0.2, -0.15) is 4.57 Å². The Morgan fingerprint density at radius 1 is 0.492 bits per heavy atom. The highest BCUT2D eigenvalue weighted by Gasteiger charge is 2.68. The lowest BCUT2D eigenvalue weighted by Gasteiger charge is -2.32. The smallest absolute Gasteiger partial charge is 0.392 e. The molecule has 0 bridgehead atoms. The zero-order valence-electron chi connectivity index (χ0n) is 37.2. The van der Waals surface area contributed by atoms with Crippen LogP contribution in [0.1, 0.15) is 43.0 Å². The molecule has 0 radical (unpaired) electrons. The number of nitrogens with zero attached hydrogens (tertiary/aromatic N) is 3. The van der Waals surface area contributed by atoms with Gasteiger partial charge in [0.15, 0.2) is 17.2 Å². The fourth-order valence-corrected chi connectivity index (χ4v) is 10.9. The summed E-state index contributed by atoms with van der Waals surface area (Å²) in [7, 11) is 0. The Kier molecular flexibility index (Phi) is 7.89. The Morgan fingerprint density at radius 2 is 1.14 bits per heavy atom. The van der Waals surface area contributed by atoms with Gasteiger partial charge in [0.05, 0.1) is 5.56 Å². The van der Waals surface area contributed by atoms with Crippen LogP contribution in [0.4, 0.5) is 0 Å². The van der Waals surface area contributed by atoms with Crippen LogP contribution in [0, 0.1) is 13.8 Å². The molecule has 1 spiro atoms. The number of imidazole rings is 1. The number of rotatable bonds is 5. The van der Waals surface area contributed by atoms with Gasteiger partial charge in [-0.15, -0.1) is 9.13 Å². The summed E-state index contributed by atoms with van der Waals surface area (Å²) in [5.41, 5.74) is 23.5. The van der Waals surface area contributed by atoms with Crippen LogP contribution in [0.3, 0.4) is 0 Å². The van der Waals surface area contributed by atoms with Gasteiger partial charge < -0.3 is 4.74 Å². The molecule has 0 aliphatic carbocycles. The fourth-order valence-electron chi connectivity index (χ4n) is 10.9. The third-order valence-corrected chi connectivity index (χ3v) is 14.1. The number of para-hydroxylation sites is 2. The molecule has 13 rings (SSSR count). The van der Waals surface area contributed by atoms with Crippen LogP contribution in [0.15, 0.2) is 194 Å². The molecular weight excluding hydrogens is 791 g/mol. The summed E-state index contributed by atoms with van der Waals surface area (Å²) < 4.78 is 15.2. The summed E-state index contributed by atoms with van der Waals surface area (Å²) >= 11 is 0. The van der Waals surface area contributed by atoms with Gasteiger partial charge >= 0.3 is 11.7 Å². The number of fused-ring (bicyclic) bond motifs is 5. The van der Waals surface area contributed by atoms with Crippen molar-refractivity contribution < 1.29 is 13.9 Å². The Hall–Kier alpha value is -7.82. The number of hydrogen-bond acceptors (Lipinski definition) is 1. The molecule has 1 atom stereocenters.